The third-order valence-electron chi connectivity index (χ3n) is 4.62. The highest BCUT2D eigenvalue weighted by Gasteiger charge is 2.36. The minimum Gasteiger partial charge on any atom is -0.504 e. The van der Waals surface area contributed by atoms with Gasteiger partial charge in [0.05, 0.1) is 12.7 Å². The zero-order valence-electron chi connectivity index (χ0n) is 13.5. The fourth-order valence-corrected chi connectivity index (χ4v) is 3.32. The first-order chi connectivity index (χ1) is 11.6. The van der Waals surface area contributed by atoms with Crippen molar-refractivity contribution in [3.8, 4) is 28.7 Å². The number of hydrogen-bond donors (Lipinski definition) is 1. The van der Waals surface area contributed by atoms with Gasteiger partial charge >= 0.3 is 0 Å². The molecular formula is C19H18O5. The van der Waals surface area contributed by atoms with Crippen molar-refractivity contribution < 1.29 is 24.1 Å². The van der Waals surface area contributed by atoms with Gasteiger partial charge in [0.15, 0.2) is 23.0 Å². The topological polar surface area (TPSA) is 57.2 Å². The van der Waals surface area contributed by atoms with Crippen molar-refractivity contribution in [2.24, 2.45) is 0 Å². The third-order valence-corrected chi connectivity index (χ3v) is 4.62. The molecule has 4 rings (SSSR count). The summed E-state index contributed by atoms with van der Waals surface area (Å²) in [6.07, 6.45) is 1.41. The number of rotatable bonds is 3. The monoisotopic (exact) mass is 326 g/mol. The van der Waals surface area contributed by atoms with Crippen LogP contribution in [-0.2, 0) is 0 Å². The Morgan fingerprint density at radius 3 is 2.79 bits per heavy atom. The molecule has 5 nitrogen and oxygen atoms in total. The quantitative estimate of drug-likeness (QED) is 0.923. The van der Waals surface area contributed by atoms with Gasteiger partial charge in [0.25, 0.3) is 0 Å². The van der Waals surface area contributed by atoms with Crippen LogP contribution in [0.4, 0.5) is 0 Å². The first-order valence-corrected chi connectivity index (χ1v) is 7.76. The molecule has 2 aliphatic heterocycles. The van der Waals surface area contributed by atoms with Crippen LogP contribution in [0.3, 0.4) is 0 Å². The van der Waals surface area contributed by atoms with Crippen LogP contribution in [0.25, 0.3) is 6.08 Å². The number of aromatic hydroxyl groups is 1. The Morgan fingerprint density at radius 1 is 1.25 bits per heavy atom. The van der Waals surface area contributed by atoms with Gasteiger partial charge in [-0.3, -0.25) is 0 Å². The molecule has 5 heteroatoms. The van der Waals surface area contributed by atoms with E-state index in [1.807, 2.05) is 24.3 Å². The normalized spacial score (nSPS) is 20.4. The molecule has 0 saturated carbocycles. The van der Waals surface area contributed by atoms with Gasteiger partial charge in [0.2, 0.25) is 6.79 Å². The highest BCUT2D eigenvalue weighted by molar-refractivity contribution is 5.71. The van der Waals surface area contributed by atoms with Gasteiger partial charge in [-0.2, -0.15) is 0 Å². The Labute approximate surface area is 140 Å². The van der Waals surface area contributed by atoms with Crippen LogP contribution in [0.2, 0.25) is 0 Å². The number of fused-ring (bicyclic) bond motifs is 2. The fraction of sp³-hybridized carbons (Fsp3) is 0.263. The Hall–Kier alpha value is -2.82. The first-order valence-electron chi connectivity index (χ1n) is 7.76. The summed E-state index contributed by atoms with van der Waals surface area (Å²) in [7, 11) is 1.53. The van der Waals surface area contributed by atoms with E-state index >= 15 is 0 Å². The van der Waals surface area contributed by atoms with Gasteiger partial charge in [0.1, 0.15) is 11.9 Å². The molecule has 0 radical (unpaired) electrons. The van der Waals surface area contributed by atoms with E-state index < -0.39 is 0 Å². The first kappa shape index (κ1) is 14.8. The van der Waals surface area contributed by atoms with Crippen molar-refractivity contribution in [3.63, 3.8) is 0 Å². The highest BCUT2D eigenvalue weighted by atomic mass is 16.7. The van der Waals surface area contributed by atoms with Crippen molar-refractivity contribution in [3.05, 3.63) is 47.5 Å². The number of phenolic OH excluding ortho intramolecular Hbond substituents is 1. The molecule has 0 saturated heterocycles. The summed E-state index contributed by atoms with van der Waals surface area (Å²) in [4.78, 5) is 0. The molecule has 124 valence electrons. The van der Waals surface area contributed by atoms with Crippen LogP contribution in [0.1, 0.15) is 35.6 Å². The van der Waals surface area contributed by atoms with Gasteiger partial charge in [0, 0.05) is 11.5 Å². The lowest BCUT2D eigenvalue weighted by molar-refractivity contribution is 0.173. The van der Waals surface area contributed by atoms with E-state index in [0.29, 0.717) is 17.1 Å². The van der Waals surface area contributed by atoms with Gasteiger partial charge in [-0.15, -0.1) is 0 Å². The number of benzene rings is 2. The summed E-state index contributed by atoms with van der Waals surface area (Å²) in [5, 5.41) is 10.3. The molecule has 0 spiro atoms. The van der Waals surface area contributed by atoms with E-state index in [-0.39, 0.29) is 24.6 Å². The number of ether oxygens (including phenoxy) is 4. The molecule has 2 atom stereocenters. The lowest BCUT2D eigenvalue weighted by Crippen LogP contribution is -2.07. The van der Waals surface area contributed by atoms with Crippen molar-refractivity contribution in [2.75, 3.05) is 13.9 Å². The fourth-order valence-electron chi connectivity index (χ4n) is 3.32. The second-order valence-electron chi connectivity index (χ2n) is 5.90. The minimum absolute atomic E-state index is 0.0461. The van der Waals surface area contributed by atoms with Crippen LogP contribution in [0, 0.1) is 0 Å². The third kappa shape index (κ3) is 2.01. The summed E-state index contributed by atoms with van der Waals surface area (Å²) in [5.41, 5.74) is 2.54. The van der Waals surface area contributed by atoms with E-state index in [2.05, 4.69) is 13.5 Å². The van der Waals surface area contributed by atoms with Crippen molar-refractivity contribution in [1.29, 1.82) is 0 Å². The lowest BCUT2D eigenvalue weighted by Gasteiger charge is -2.16. The summed E-state index contributed by atoms with van der Waals surface area (Å²) in [6, 6.07) is 7.64. The summed E-state index contributed by atoms with van der Waals surface area (Å²) in [5.74, 6) is 2.68. The summed E-state index contributed by atoms with van der Waals surface area (Å²) >= 11 is 0. The Balaban J connectivity index is 1.77. The molecule has 2 aromatic rings. The van der Waals surface area contributed by atoms with Gasteiger partial charge in [-0.25, -0.2) is 0 Å². The summed E-state index contributed by atoms with van der Waals surface area (Å²) < 4.78 is 22.3. The molecule has 0 aromatic heterocycles. The van der Waals surface area contributed by atoms with E-state index in [0.717, 1.165) is 22.6 Å². The molecule has 0 amide bonds. The number of hydrogen-bond acceptors (Lipinski definition) is 5. The molecule has 2 heterocycles. The van der Waals surface area contributed by atoms with Crippen LogP contribution in [-0.4, -0.2) is 19.0 Å². The predicted octanol–water partition coefficient (Wildman–Crippen LogP) is 4.01. The molecule has 0 fully saturated rings. The van der Waals surface area contributed by atoms with E-state index in [4.69, 9.17) is 18.9 Å². The standard InChI is InChI=1S/C19H18O5/c1-4-12-17(20)16(21-3)8-13-10(2)18(24-19(12)13)11-5-6-14-15(7-11)23-9-22-14/h4-8,10,18,20H,1,9H2,2-3H3. The number of phenols is 1. The van der Waals surface area contributed by atoms with Gasteiger partial charge in [-0.05, 0) is 23.8 Å². The smallest absolute Gasteiger partial charge is 0.231 e. The summed E-state index contributed by atoms with van der Waals surface area (Å²) in [6.45, 7) is 6.11. The maximum Gasteiger partial charge on any atom is 0.231 e. The van der Waals surface area contributed by atoms with E-state index in [1.165, 1.54) is 7.11 Å². The average Bonchev–Trinajstić information content (AvgIpc) is 3.18. The lowest BCUT2D eigenvalue weighted by atomic mass is 9.91. The van der Waals surface area contributed by atoms with Gasteiger partial charge in [-0.1, -0.05) is 25.6 Å². The molecule has 2 unspecified atom stereocenters. The predicted molar refractivity (Wildman–Crippen MR) is 89.1 cm³/mol. The maximum atomic E-state index is 10.3. The van der Waals surface area contributed by atoms with Gasteiger partial charge < -0.3 is 24.1 Å². The zero-order valence-corrected chi connectivity index (χ0v) is 13.5. The second-order valence-corrected chi connectivity index (χ2v) is 5.90. The van der Waals surface area contributed by atoms with E-state index in [1.54, 1.807) is 6.08 Å². The molecule has 24 heavy (non-hydrogen) atoms. The average molecular weight is 326 g/mol. The van der Waals surface area contributed by atoms with Crippen molar-refractivity contribution in [2.45, 2.75) is 18.9 Å². The van der Waals surface area contributed by atoms with Crippen LogP contribution in [0.5, 0.6) is 28.7 Å². The van der Waals surface area contributed by atoms with Crippen LogP contribution in [0.15, 0.2) is 30.8 Å². The molecule has 1 N–H and O–H groups in total. The highest BCUT2D eigenvalue weighted by Crippen LogP contribution is 2.53. The Bertz CT molecular complexity index is 827. The zero-order chi connectivity index (χ0) is 16.8. The minimum atomic E-state index is -0.181. The molecule has 0 bridgehead atoms. The van der Waals surface area contributed by atoms with Crippen LogP contribution < -0.4 is 18.9 Å². The number of methoxy groups -OCH3 is 1. The second kappa shape index (κ2) is 5.37. The Morgan fingerprint density at radius 2 is 2.04 bits per heavy atom. The SMILES string of the molecule is C=Cc1c(O)c(OC)cc2c1OC(c1ccc3c(c1)OCO3)C2C. The molecule has 2 aliphatic rings. The van der Waals surface area contributed by atoms with Crippen molar-refractivity contribution >= 4 is 6.08 Å². The van der Waals surface area contributed by atoms with E-state index in [9.17, 15) is 5.11 Å². The molecule has 0 aliphatic carbocycles. The molecule has 2 aromatic carbocycles. The molecular weight excluding hydrogens is 308 g/mol. The van der Waals surface area contributed by atoms with Crippen molar-refractivity contribution in [1.82, 2.24) is 0 Å². The Kier molecular flexibility index (Phi) is 3.30. The maximum absolute atomic E-state index is 10.3. The van der Waals surface area contributed by atoms with Crippen LogP contribution >= 0.6 is 0 Å². The largest absolute Gasteiger partial charge is 0.504 e.